The van der Waals surface area contributed by atoms with Crippen LogP contribution in [0.3, 0.4) is 0 Å². The third kappa shape index (κ3) is 3.15. The summed E-state index contributed by atoms with van der Waals surface area (Å²) in [6.45, 7) is -2.23. The van der Waals surface area contributed by atoms with Gasteiger partial charge in [-0.05, 0) is 12.1 Å². The molecule has 1 saturated heterocycles. The number of hydrogen-bond donors (Lipinski definition) is 1. The van der Waals surface area contributed by atoms with E-state index in [-0.39, 0.29) is 4.31 Å². The first-order valence-corrected chi connectivity index (χ1v) is 7.64. The molecule has 1 fully saturated rings. The third-order valence-corrected chi connectivity index (χ3v) is 5.42. The maximum atomic E-state index is 13.6. The van der Waals surface area contributed by atoms with E-state index < -0.39 is 63.6 Å². The molecule has 1 aromatic carbocycles. The number of benzene rings is 1. The van der Waals surface area contributed by atoms with Gasteiger partial charge in [-0.15, -0.1) is 0 Å². The van der Waals surface area contributed by atoms with Gasteiger partial charge in [0.25, 0.3) is 0 Å². The molecule has 0 saturated carbocycles. The van der Waals surface area contributed by atoms with Crippen molar-refractivity contribution in [2.24, 2.45) is 11.8 Å². The molecular formula is C12H10F5NO4S. The van der Waals surface area contributed by atoms with Crippen molar-refractivity contribution in [3.05, 3.63) is 29.8 Å². The van der Waals surface area contributed by atoms with Crippen molar-refractivity contribution in [1.29, 1.82) is 0 Å². The van der Waals surface area contributed by atoms with Crippen LogP contribution in [0.25, 0.3) is 0 Å². The average molecular weight is 359 g/mol. The van der Waals surface area contributed by atoms with E-state index in [0.29, 0.717) is 12.1 Å². The summed E-state index contributed by atoms with van der Waals surface area (Å²) in [5.74, 6) is -9.26. The van der Waals surface area contributed by atoms with Crippen molar-refractivity contribution in [2.75, 3.05) is 13.1 Å². The van der Waals surface area contributed by atoms with Gasteiger partial charge in [-0.1, -0.05) is 6.07 Å². The van der Waals surface area contributed by atoms with E-state index in [1.54, 1.807) is 0 Å². The van der Waals surface area contributed by atoms with Crippen LogP contribution >= 0.6 is 0 Å². The number of carboxylic acid groups (broad SMARTS) is 1. The minimum Gasteiger partial charge on any atom is -0.481 e. The monoisotopic (exact) mass is 359 g/mol. The maximum Gasteiger partial charge on any atom is 0.393 e. The van der Waals surface area contributed by atoms with Crippen LogP contribution < -0.4 is 0 Å². The smallest absolute Gasteiger partial charge is 0.393 e. The van der Waals surface area contributed by atoms with Crippen LogP contribution in [-0.2, 0) is 14.8 Å². The first-order chi connectivity index (χ1) is 10.5. The molecule has 0 amide bonds. The highest BCUT2D eigenvalue weighted by atomic mass is 32.2. The first kappa shape index (κ1) is 17.6. The highest BCUT2D eigenvalue weighted by molar-refractivity contribution is 7.89. The van der Waals surface area contributed by atoms with E-state index in [9.17, 15) is 35.2 Å². The van der Waals surface area contributed by atoms with Crippen molar-refractivity contribution in [3.63, 3.8) is 0 Å². The number of carbonyl (C=O) groups is 1. The summed E-state index contributed by atoms with van der Waals surface area (Å²) in [6.07, 6.45) is -4.96. The predicted molar refractivity (Wildman–Crippen MR) is 65.8 cm³/mol. The summed E-state index contributed by atoms with van der Waals surface area (Å²) in [4.78, 5) is 9.54. The molecule has 23 heavy (non-hydrogen) atoms. The fourth-order valence-electron chi connectivity index (χ4n) is 2.40. The Morgan fingerprint density at radius 1 is 1.17 bits per heavy atom. The topological polar surface area (TPSA) is 74.7 Å². The quantitative estimate of drug-likeness (QED) is 0.836. The van der Waals surface area contributed by atoms with Gasteiger partial charge in [0.05, 0.1) is 11.8 Å². The summed E-state index contributed by atoms with van der Waals surface area (Å²) in [5.41, 5.74) is 0. The van der Waals surface area contributed by atoms with Crippen LogP contribution in [0.4, 0.5) is 22.0 Å². The number of sulfonamides is 1. The molecule has 128 valence electrons. The van der Waals surface area contributed by atoms with Gasteiger partial charge in [0.2, 0.25) is 10.0 Å². The Morgan fingerprint density at radius 3 is 2.09 bits per heavy atom. The molecule has 2 atom stereocenters. The van der Waals surface area contributed by atoms with Crippen LogP contribution in [0.1, 0.15) is 0 Å². The van der Waals surface area contributed by atoms with E-state index in [1.165, 1.54) is 0 Å². The number of aliphatic carboxylic acids is 1. The minimum absolute atomic E-state index is 0.144. The molecule has 1 heterocycles. The number of alkyl halides is 3. The summed E-state index contributed by atoms with van der Waals surface area (Å²) in [7, 11) is -4.94. The Labute approximate surface area is 127 Å². The van der Waals surface area contributed by atoms with Crippen LogP contribution in [-0.4, -0.2) is 43.1 Å². The van der Waals surface area contributed by atoms with Crippen molar-refractivity contribution in [3.8, 4) is 0 Å². The molecular weight excluding hydrogens is 349 g/mol. The normalized spacial score (nSPS) is 23.2. The van der Waals surface area contributed by atoms with E-state index in [0.717, 1.165) is 6.07 Å². The van der Waals surface area contributed by atoms with Gasteiger partial charge >= 0.3 is 12.1 Å². The Bertz CT molecular complexity index is 713. The molecule has 0 radical (unpaired) electrons. The number of hydrogen-bond acceptors (Lipinski definition) is 3. The highest BCUT2D eigenvalue weighted by Crippen LogP contribution is 2.40. The van der Waals surface area contributed by atoms with Gasteiger partial charge < -0.3 is 5.11 Å². The molecule has 1 aromatic rings. The largest absolute Gasteiger partial charge is 0.481 e. The van der Waals surface area contributed by atoms with Gasteiger partial charge in [-0.3, -0.25) is 4.79 Å². The zero-order valence-corrected chi connectivity index (χ0v) is 12.0. The fourth-order valence-corrected chi connectivity index (χ4v) is 4.00. The summed E-state index contributed by atoms with van der Waals surface area (Å²) in [5, 5.41) is 8.84. The predicted octanol–water partition coefficient (Wildman–Crippen LogP) is 1.85. The van der Waals surface area contributed by atoms with Crippen molar-refractivity contribution < 1.29 is 40.3 Å². The Kier molecular flexibility index (Phi) is 4.37. The Balaban J connectivity index is 2.45. The lowest BCUT2D eigenvalue weighted by Gasteiger charge is -2.18. The molecule has 0 aromatic heterocycles. The minimum atomic E-state index is -4.96. The summed E-state index contributed by atoms with van der Waals surface area (Å²) >= 11 is 0. The van der Waals surface area contributed by atoms with Crippen LogP contribution in [0.5, 0.6) is 0 Å². The molecule has 11 heteroatoms. The summed E-state index contributed by atoms with van der Waals surface area (Å²) < 4.78 is 90.3. The number of rotatable bonds is 3. The average Bonchev–Trinajstić information content (AvgIpc) is 2.83. The summed E-state index contributed by atoms with van der Waals surface area (Å²) in [6, 6.07) is 2.18. The lowest BCUT2D eigenvalue weighted by molar-refractivity contribution is -0.187. The molecule has 1 aliphatic rings. The van der Waals surface area contributed by atoms with Gasteiger partial charge in [-0.2, -0.15) is 17.5 Å². The number of halogens is 5. The molecule has 2 rings (SSSR count). The van der Waals surface area contributed by atoms with Crippen LogP contribution in [0.2, 0.25) is 0 Å². The number of carboxylic acids is 1. The molecule has 0 aliphatic carbocycles. The van der Waals surface area contributed by atoms with Crippen LogP contribution in [0.15, 0.2) is 23.1 Å². The molecule has 1 aliphatic heterocycles. The molecule has 0 spiro atoms. The second-order valence-corrected chi connectivity index (χ2v) is 6.84. The van der Waals surface area contributed by atoms with E-state index >= 15 is 0 Å². The molecule has 0 bridgehead atoms. The van der Waals surface area contributed by atoms with E-state index in [2.05, 4.69) is 0 Å². The van der Waals surface area contributed by atoms with Gasteiger partial charge in [0.15, 0.2) is 4.90 Å². The molecule has 5 nitrogen and oxygen atoms in total. The standard InChI is InChI=1S/C12H10F5NO4S/c13-8-2-1-3-9(14)10(8)23(21,22)18-4-6(11(19)20)7(5-18)12(15,16)17/h1-3,6-7H,4-5H2,(H,19,20)/t6-,7-/m1/s1. The van der Waals surface area contributed by atoms with E-state index in [4.69, 9.17) is 5.11 Å². The van der Waals surface area contributed by atoms with Gasteiger partial charge in [0.1, 0.15) is 11.6 Å². The first-order valence-electron chi connectivity index (χ1n) is 6.20. The lowest BCUT2D eigenvalue weighted by atomic mass is 9.96. The number of nitrogens with zero attached hydrogens (tertiary/aromatic N) is 1. The maximum absolute atomic E-state index is 13.6. The fraction of sp³-hybridized carbons (Fsp3) is 0.417. The van der Waals surface area contributed by atoms with Crippen LogP contribution in [0, 0.1) is 23.5 Å². The van der Waals surface area contributed by atoms with Gasteiger partial charge in [-0.25, -0.2) is 17.2 Å². The SMILES string of the molecule is O=C(O)[C@@H]1CN(S(=O)(=O)c2c(F)cccc2F)C[C@H]1C(F)(F)F. The third-order valence-electron chi connectivity index (χ3n) is 3.54. The highest BCUT2D eigenvalue weighted by Gasteiger charge is 2.55. The van der Waals surface area contributed by atoms with Crippen molar-refractivity contribution >= 4 is 16.0 Å². The molecule has 1 N–H and O–H groups in total. The zero-order chi connectivity index (χ0) is 17.6. The molecule has 0 unspecified atom stereocenters. The van der Waals surface area contributed by atoms with Gasteiger partial charge in [0, 0.05) is 13.1 Å². The van der Waals surface area contributed by atoms with Crippen molar-refractivity contribution in [1.82, 2.24) is 4.31 Å². The van der Waals surface area contributed by atoms with E-state index in [1.807, 2.05) is 0 Å². The van der Waals surface area contributed by atoms with Crippen molar-refractivity contribution in [2.45, 2.75) is 11.1 Å². The second-order valence-electron chi connectivity index (χ2n) is 4.97. The Morgan fingerprint density at radius 2 is 1.70 bits per heavy atom. The zero-order valence-electron chi connectivity index (χ0n) is 11.2. The second kappa shape index (κ2) is 5.71. The Hall–Kier alpha value is -1.75. The lowest BCUT2D eigenvalue weighted by Crippen LogP contribution is -2.34.